The fraction of sp³-hybridized carbons (Fsp3) is 0.240. The van der Waals surface area contributed by atoms with Crippen LogP contribution in [0.3, 0.4) is 0 Å². The van der Waals surface area contributed by atoms with Crippen LogP contribution in [0.25, 0.3) is 11.1 Å². The second-order valence-corrected chi connectivity index (χ2v) is 7.77. The van der Waals surface area contributed by atoms with Crippen molar-refractivity contribution in [1.29, 1.82) is 0 Å². The molecule has 0 spiro atoms. The van der Waals surface area contributed by atoms with Crippen molar-refractivity contribution in [2.45, 2.75) is 12.0 Å². The number of carbonyl (C=O) groups excluding carboxylic acids is 2. The lowest BCUT2D eigenvalue weighted by Crippen LogP contribution is -2.61. The molecule has 0 radical (unpaired) electrons. The van der Waals surface area contributed by atoms with Crippen LogP contribution in [0.4, 0.5) is 4.39 Å². The van der Waals surface area contributed by atoms with E-state index in [4.69, 9.17) is 4.74 Å². The first-order valence-electron chi connectivity index (χ1n) is 10.4. The summed E-state index contributed by atoms with van der Waals surface area (Å²) in [6.07, 6.45) is 3.45. The van der Waals surface area contributed by atoms with Crippen LogP contribution < -0.4 is 5.32 Å². The highest BCUT2D eigenvalue weighted by atomic mass is 19.1. The molecule has 1 fully saturated rings. The lowest BCUT2D eigenvalue weighted by atomic mass is 9.90. The fourth-order valence-corrected chi connectivity index (χ4v) is 3.97. The number of ether oxygens (including phenoxy) is 1. The van der Waals surface area contributed by atoms with Gasteiger partial charge >= 0.3 is 0 Å². The Balaban J connectivity index is 1.56. The Hall–Kier alpha value is -3.58. The van der Waals surface area contributed by atoms with Gasteiger partial charge in [0.1, 0.15) is 5.82 Å². The van der Waals surface area contributed by atoms with Crippen LogP contribution in [-0.2, 0) is 16.0 Å². The number of amides is 2. The van der Waals surface area contributed by atoms with Gasteiger partial charge in [0, 0.05) is 32.4 Å². The molecule has 0 bridgehead atoms. The highest BCUT2D eigenvalue weighted by Crippen LogP contribution is 2.27. The van der Waals surface area contributed by atoms with E-state index in [1.54, 1.807) is 42.4 Å². The van der Waals surface area contributed by atoms with Crippen molar-refractivity contribution in [2.24, 2.45) is 0 Å². The molecule has 3 aromatic rings. The van der Waals surface area contributed by atoms with Crippen molar-refractivity contribution in [3.8, 4) is 11.1 Å². The maximum Gasteiger partial charge on any atom is 0.255 e. The Morgan fingerprint density at radius 2 is 1.78 bits per heavy atom. The minimum Gasteiger partial charge on any atom is -0.361 e. The van der Waals surface area contributed by atoms with E-state index in [0.29, 0.717) is 18.5 Å². The van der Waals surface area contributed by atoms with Gasteiger partial charge in [0.15, 0.2) is 5.60 Å². The summed E-state index contributed by atoms with van der Waals surface area (Å²) >= 11 is 0. The van der Waals surface area contributed by atoms with Gasteiger partial charge in [-0.25, -0.2) is 4.39 Å². The van der Waals surface area contributed by atoms with E-state index in [-0.39, 0.29) is 30.8 Å². The number of hydrogen-bond acceptors (Lipinski definition) is 4. The average molecular weight is 433 g/mol. The van der Waals surface area contributed by atoms with Crippen LogP contribution >= 0.6 is 0 Å². The molecule has 164 valence electrons. The quantitative estimate of drug-likeness (QED) is 0.671. The molecule has 2 heterocycles. The number of morpholine rings is 1. The first kappa shape index (κ1) is 21.6. The number of nitrogens with zero attached hydrogens (tertiary/aromatic N) is 2. The molecule has 1 saturated heterocycles. The molecule has 1 aliphatic heterocycles. The Morgan fingerprint density at radius 3 is 2.41 bits per heavy atom. The third-order valence-corrected chi connectivity index (χ3v) is 5.64. The standard InChI is InChI=1S/C25H24FN3O3/c1-27-24(31)25(17-29(13-14-32-25)23(30)21-3-2-12-28-16-21)15-18-4-6-19(7-5-18)20-8-10-22(26)11-9-20/h2-12,16H,13-15,17H2,1H3,(H,27,31). The molecule has 2 aromatic carbocycles. The molecular weight excluding hydrogens is 409 g/mol. The zero-order chi connectivity index (χ0) is 22.6. The SMILES string of the molecule is CNC(=O)C1(Cc2ccc(-c3ccc(F)cc3)cc2)CN(C(=O)c2cccnc2)CCO1. The number of hydrogen-bond donors (Lipinski definition) is 1. The topological polar surface area (TPSA) is 71.5 Å². The van der Waals surface area contributed by atoms with Crippen molar-refractivity contribution < 1.29 is 18.7 Å². The molecule has 1 aliphatic rings. The van der Waals surface area contributed by atoms with Crippen molar-refractivity contribution in [3.05, 3.63) is 90.0 Å². The van der Waals surface area contributed by atoms with Gasteiger partial charge in [-0.15, -0.1) is 0 Å². The van der Waals surface area contributed by atoms with E-state index in [2.05, 4.69) is 10.3 Å². The Labute approximate surface area is 186 Å². The first-order chi connectivity index (χ1) is 15.5. The van der Waals surface area contributed by atoms with Crippen LogP contribution in [0, 0.1) is 5.82 Å². The summed E-state index contributed by atoms with van der Waals surface area (Å²) in [6, 6.07) is 17.4. The van der Waals surface area contributed by atoms with Crippen LogP contribution in [0.1, 0.15) is 15.9 Å². The fourth-order valence-electron chi connectivity index (χ4n) is 3.97. The first-order valence-corrected chi connectivity index (χ1v) is 10.4. The third kappa shape index (κ3) is 4.53. The van der Waals surface area contributed by atoms with E-state index in [1.807, 2.05) is 24.3 Å². The van der Waals surface area contributed by atoms with Crippen molar-refractivity contribution in [2.75, 3.05) is 26.7 Å². The number of aromatic nitrogens is 1. The smallest absolute Gasteiger partial charge is 0.255 e. The summed E-state index contributed by atoms with van der Waals surface area (Å²) in [5.74, 6) is -0.733. The van der Waals surface area contributed by atoms with Gasteiger partial charge in [-0.3, -0.25) is 14.6 Å². The van der Waals surface area contributed by atoms with Crippen molar-refractivity contribution >= 4 is 11.8 Å². The summed E-state index contributed by atoms with van der Waals surface area (Å²) in [4.78, 5) is 31.5. The molecular formula is C25H24FN3O3. The largest absolute Gasteiger partial charge is 0.361 e. The molecule has 2 amide bonds. The minimum atomic E-state index is -1.19. The minimum absolute atomic E-state index is 0.139. The van der Waals surface area contributed by atoms with Gasteiger partial charge in [-0.05, 0) is 41.0 Å². The molecule has 0 saturated carbocycles. The molecule has 0 aliphatic carbocycles. The number of carbonyl (C=O) groups is 2. The summed E-state index contributed by atoms with van der Waals surface area (Å²) in [6.45, 7) is 0.795. The summed E-state index contributed by atoms with van der Waals surface area (Å²) < 4.78 is 19.2. The second kappa shape index (κ2) is 9.28. The normalized spacial score (nSPS) is 18.2. The van der Waals surface area contributed by atoms with E-state index in [0.717, 1.165) is 16.7 Å². The lowest BCUT2D eigenvalue weighted by Gasteiger charge is -2.41. The Bertz CT molecular complexity index is 1090. The predicted octanol–water partition coefficient (Wildman–Crippen LogP) is 3.09. The summed E-state index contributed by atoms with van der Waals surface area (Å²) in [5.41, 5.74) is 2.03. The van der Waals surface area contributed by atoms with E-state index in [1.165, 1.54) is 18.3 Å². The number of pyridine rings is 1. The molecule has 6 nitrogen and oxygen atoms in total. The van der Waals surface area contributed by atoms with Crippen molar-refractivity contribution in [3.63, 3.8) is 0 Å². The highest BCUT2D eigenvalue weighted by molar-refractivity contribution is 5.95. The number of rotatable bonds is 5. The van der Waals surface area contributed by atoms with Gasteiger partial charge in [0.05, 0.1) is 18.7 Å². The number of nitrogens with one attached hydrogen (secondary N) is 1. The number of halogens is 1. The van der Waals surface area contributed by atoms with Gasteiger partial charge in [-0.2, -0.15) is 0 Å². The second-order valence-electron chi connectivity index (χ2n) is 7.77. The highest BCUT2D eigenvalue weighted by Gasteiger charge is 2.44. The maximum absolute atomic E-state index is 13.2. The van der Waals surface area contributed by atoms with Gasteiger partial charge in [0.2, 0.25) is 0 Å². The zero-order valence-electron chi connectivity index (χ0n) is 17.8. The summed E-state index contributed by atoms with van der Waals surface area (Å²) in [7, 11) is 1.56. The Kier molecular flexibility index (Phi) is 6.28. The number of benzene rings is 2. The third-order valence-electron chi connectivity index (χ3n) is 5.64. The van der Waals surface area contributed by atoms with Crippen LogP contribution in [-0.4, -0.2) is 54.0 Å². The van der Waals surface area contributed by atoms with E-state index < -0.39 is 5.60 Å². The molecule has 1 aromatic heterocycles. The maximum atomic E-state index is 13.2. The number of likely N-dealkylation sites (N-methyl/N-ethyl adjacent to an activating group) is 1. The van der Waals surface area contributed by atoms with Gasteiger partial charge < -0.3 is 15.0 Å². The van der Waals surface area contributed by atoms with Gasteiger partial charge in [0.25, 0.3) is 11.8 Å². The molecule has 1 atom stereocenters. The molecule has 4 rings (SSSR count). The van der Waals surface area contributed by atoms with Crippen LogP contribution in [0.2, 0.25) is 0 Å². The molecule has 1 N–H and O–H groups in total. The molecule has 7 heteroatoms. The lowest BCUT2D eigenvalue weighted by molar-refractivity contribution is -0.156. The zero-order valence-corrected chi connectivity index (χ0v) is 17.8. The monoisotopic (exact) mass is 433 g/mol. The van der Waals surface area contributed by atoms with Crippen LogP contribution in [0.5, 0.6) is 0 Å². The molecule has 32 heavy (non-hydrogen) atoms. The predicted molar refractivity (Wildman–Crippen MR) is 118 cm³/mol. The van der Waals surface area contributed by atoms with E-state index >= 15 is 0 Å². The molecule has 1 unspecified atom stereocenters. The van der Waals surface area contributed by atoms with Crippen LogP contribution in [0.15, 0.2) is 73.1 Å². The van der Waals surface area contributed by atoms with Crippen molar-refractivity contribution in [1.82, 2.24) is 15.2 Å². The average Bonchev–Trinajstić information content (AvgIpc) is 2.85. The summed E-state index contributed by atoms with van der Waals surface area (Å²) in [5, 5.41) is 2.69. The van der Waals surface area contributed by atoms with E-state index in [9.17, 15) is 14.0 Å². The van der Waals surface area contributed by atoms with Gasteiger partial charge in [-0.1, -0.05) is 36.4 Å². The Morgan fingerprint density at radius 1 is 1.09 bits per heavy atom.